The second kappa shape index (κ2) is 5.13. The highest BCUT2D eigenvalue weighted by molar-refractivity contribution is 7.15. The molecule has 2 heterocycles. The van der Waals surface area contributed by atoms with Crippen LogP contribution in [-0.2, 0) is 6.54 Å². The maximum atomic E-state index is 4.81. The number of nitrogens with one attached hydrogen (secondary N) is 1. The molecule has 1 atom stereocenters. The van der Waals surface area contributed by atoms with Gasteiger partial charge in [0.15, 0.2) is 10.8 Å². The Labute approximate surface area is 118 Å². The van der Waals surface area contributed by atoms with E-state index in [1.807, 2.05) is 0 Å². The number of hydrogen-bond donors (Lipinski definition) is 1. The molecular weight excluding hydrogens is 256 g/mol. The maximum absolute atomic E-state index is 4.81. The molecular formula is C14H22N4S. The van der Waals surface area contributed by atoms with Crippen LogP contribution in [0.15, 0.2) is 11.6 Å². The maximum Gasteiger partial charge on any atom is 0.195 e. The van der Waals surface area contributed by atoms with E-state index in [-0.39, 0.29) is 0 Å². The normalized spacial score (nSPS) is 17.0. The third kappa shape index (κ3) is 2.49. The fourth-order valence-electron chi connectivity index (χ4n) is 2.28. The molecule has 1 saturated carbocycles. The van der Waals surface area contributed by atoms with Crippen LogP contribution in [-0.4, -0.2) is 28.5 Å². The first-order valence-corrected chi connectivity index (χ1v) is 7.99. The van der Waals surface area contributed by atoms with Gasteiger partial charge in [0.2, 0.25) is 0 Å². The molecule has 104 valence electrons. The zero-order valence-electron chi connectivity index (χ0n) is 11.9. The standard InChI is InChI=1S/C14H22N4S/c1-4-10(2)17(3)13-12(9-15-11-5-6-11)18-7-8-19-14(18)16-13/h7-8,10-11,15H,4-6,9H2,1-3H3. The van der Waals surface area contributed by atoms with Crippen LogP contribution in [0.5, 0.6) is 0 Å². The van der Waals surface area contributed by atoms with E-state index in [1.165, 1.54) is 18.5 Å². The zero-order valence-corrected chi connectivity index (χ0v) is 12.7. The summed E-state index contributed by atoms with van der Waals surface area (Å²) in [7, 11) is 2.15. The number of nitrogens with zero attached hydrogens (tertiary/aromatic N) is 3. The van der Waals surface area contributed by atoms with Gasteiger partial charge in [0.25, 0.3) is 0 Å². The lowest BCUT2D eigenvalue weighted by molar-refractivity contribution is 0.638. The molecule has 3 rings (SSSR count). The second-order valence-electron chi connectivity index (χ2n) is 5.46. The van der Waals surface area contributed by atoms with E-state index in [0.717, 1.165) is 29.8 Å². The van der Waals surface area contributed by atoms with Gasteiger partial charge in [-0.3, -0.25) is 4.40 Å². The van der Waals surface area contributed by atoms with Crippen LogP contribution in [0.3, 0.4) is 0 Å². The Balaban J connectivity index is 1.91. The van der Waals surface area contributed by atoms with E-state index in [4.69, 9.17) is 4.98 Å². The largest absolute Gasteiger partial charge is 0.355 e. The molecule has 19 heavy (non-hydrogen) atoms. The summed E-state index contributed by atoms with van der Waals surface area (Å²) in [6.07, 6.45) is 5.91. The Morgan fingerprint density at radius 1 is 1.58 bits per heavy atom. The van der Waals surface area contributed by atoms with Gasteiger partial charge in [-0.1, -0.05) is 6.92 Å². The number of hydrogen-bond acceptors (Lipinski definition) is 4. The number of thiazole rings is 1. The molecule has 0 saturated heterocycles. The third-order valence-electron chi connectivity index (χ3n) is 4.06. The Kier molecular flexibility index (Phi) is 3.50. The van der Waals surface area contributed by atoms with Crippen LogP contribution in [0.25, 0.3) is 4.96 Å². The minimum atomic E-state index is 0.518. The summed E-state index contributed by atoms with van der Waals surface area (Å²) >= 11 is 1.71. The zero-order chi connectivity index (χ0) is 13.4. The van der Waals surface area contributed by atoms with Gasteiger partial charge in [-0.15, -0.1) is 11.3 Å². The van der Waals surface area contributed by atoms with Crippen molar-refractivity contribution in [1.82, 2.24) is 14.7 Å². The molecule has 1 N–H and O–H groups in total. The topological polar surface area (TPSA) is 32.6 Å². The third-order valence-corrected chi connectivity index (χ3v) is 4.82. The molecule has 1 aliphatic rings. The SMILES string of the molecule is CCC(C)N(C)c1nc2sccn2c1CNC1CC1. The van der Waals surface area contributed by atoms with Gasteiger partial charge in [-0.05, 0) is 26.2 Å². The monoisotopic (exact) mass is 278 g/mol. The summed E-state index contributed by atoms with van der Waals surface area (Å²) < 4.78 is 2.23. The molecule has 1 unspecified atom stereocenters. The average Bonchev–Trinajstić information content (AvgIpc) is 3.02. The van der Waals surface area contributed by atoms with Crippen LogP contribution < -0.4 is 10.2 Å². The van der Waals surface area contributed by atoms with Crippen molar-refractivity contribution in [2.75, 3.05) is 11.9 Å². The van der Waals surface area contributed by atoms with Crippen molar-refractivity contribution in [1.29, 1.82) is 0 Å². The van der Waals surface area contributed by atoms with Gasteiger partial charge >= 0.3 is 0 Å². The highest BCUT2D eigenvalue weighted by atomic mass is 32.1. The first kappa shape index (κ1) is 12.9. The number of aromatic nitrogens is 2. The van der Waals surface area contributed by atoms with Crippen LogP contribution in [0, 0.1) is 0 Å². The smallest absolute Gasteiger partial charge is 0.195 e. The quantitative estimate of drug-likeness (QED) is 0.882. The first-order valence-electron chi connectivity index (χ1n) is 7.11. The lowest BCUT2D eigenvalue weighted by atomic mass is 10.2. The van der Waals surface area contributed by atoms with Gasteiger partial charge in [-0.25, -0.2) is 4.98 Å². The predicted molar refractivity (Wildman–Crippen MR) is 81.1 cm³/mol. The van der Waals surface area contributed by atoms with Crippen molar-refractivity contribution < 1.29 is 0 Å². The summed E-state index contributed by atoms with van der Waals surface area (Å²) in [5.41, 5.74) is 1.30. The predicted octanol–water partition coefficient (Wildman–Crippen LogP) is 2.88. The van der Waals surface area contributed by atoms with E-state index in [0.29, 0.717) is 6.04 Å². The average molecular weight is 278 g/mol. The van der Waals surface area contributed by atoms with Gasteiger partial charge < -0.3 is 10.2 Å². The molecule has 2 aromatic heterocycles. The Morgan fingerprint density at radius 3 is 3.05 bits per heavy atom. The van der Waals surface area contributed by atoms with Crippen molar-refractivity contribution in [2.24, 2.45) is 0 Å². The summed E-state index contributed by atoms with van der Waals surface area (Å²) in [5, 5.41) is 5.72. The van der Waals surface area contributed by atoms with E-state index in [9.17, 15) is 0 Å². The number of rotatable bonds is 6. The highest BCUT2D eigenvalue weighted by Crippen LogP contribution is 2.27. The molecule has 0 radical (unpaired) electrons. The summed E-state index contributed by atoms with van der Waals surface area (Å²) in [4.78, 5) is 8.21. The molecule has 0 aromatic carbocycles. The van der Waals surface area contributed by atoms with Crippen LogP contribution in [0.4, 0.5) is 5.82 Å². The number of imidazole rings is 1. The summed E-state index contributed by atoms with van der Waals surface area (Å²) in [6, 6.07) is 1.25. The van der Waals surface area contributed by atoms with Gasteiger partial charge in [-0.2, -0.15) is 0 Å². The first-order chi connectivity index (χ1) is 9.20. The van der Waals surface area contributed by atoms with Gasteiger partial charge in [0.05, 0.1) is 5.69 Å². The molecule has 2 aromatic rings. The van der Waals surface area contributed by atoms with Crippen LogP contribution in [0.1, 0.15) is 38.8 Å². The molecule has 0 spiro atoms. The van der Waals surface area contributed by atoms with E-state index in [2.05, 4.69) is 47.1 Å². The molecule has 4 nitrogen and oxygen atoms in total. The fraction of sp³-hybridized carbons (Fsp3) is 0.643. The highest BCUT2D eigenvalue weighted by Gasteiger charge is 2.24. The number of anilines is 1. The minimum absolute atomic E-state index is 0.518. The molecule has 1 fully saturated rings. The Morgan fingerprint density at radius 2 is 2.37 bits per heavy atom. The lowest BCUT2D eigenvalue weighted by Crippen LogP contribution is -2.30. The molecule has 1 aliphatic carbocycles. The van der Waals surface area contributed by atoms with Crippen LogP contribution >= 0.6 is 11.3 Å². The van der Waals surface area contributed by atoms with Gasteiger partial charge in [0, 0.05) is 37.3 Å². The molecule has 0 amide bonds. The summed E-state index contributed by atoms with van der Waals surface area (Å²) in [6.45, 7) is 5.39. The van der Waals surface area contributed by atoms with E-state index < -0.39 is 0 Å². The second-order valence-corrected chi connectivity index (χ2v) is 6.33. The lowest BCUT2D eigenvalue weighted by Gasteiger charge is -2.25. The van der Waals surface area contributed by atoms with E-state index in [1.54, 1.807) is 11.3 Å². The van der Waals surface area contributed by atoms with E-state index >= 15 is 0 Å². The van der Waals surface area contributed by atoms with Crippen molar-refractivity contribution >= 4 is 22.1 Å². The fourth-order valence-corrected chi connectivity index (χ4v) is 3.01. The van der Waals surface area contributed by atoms with Crippen molar-refractivity contribution in [3.63, 3.8) is 0 Å². The van der Waals surface area contributed by atoms with Crippen molar-refractivity contribution in [2.45, 2.75) is 51.7 Å². The minimum Gasteiger partial charge on any atom is -0.355 e. The number of fused-ring (bicyclic) bond motifs is 1. The Hall–Kier alpha value is -1.07. The van der Waals surface area contributed by atoms with Crippen molar-refractivity contribution in [3.8, 4) is 0 Å². The molecule has 0 bridgehead atoms. The summed E-state index contributed by atoms with van der Waals surface area (Å²) in [5.74, 6) is 1.13. The molecule has 5 heteroatoms. The van der Waals surface area contributed by atoms with Crippen molar-refractivity contribution in [3.05, 3.63) is 17.3 Å². The van der Waals surface area contributed by atoms with Gasteiger partial charge in [0.1, 0.15) is 0 Å². The Bertz CT molecular complexity index is 555. The molecule has 0 aliphatic heterocycles. The van der Waals surface area contributed by atoms with Crippen LogP contribution in [0.2, 0.25) is 0 Å².